The van der Waals surface area contributed by atoms with Crippen molar-refractivity contribution in [3.63, 3.8) is 0 Å². The Morgan fingerprint density at radius 1 is 1.03 bits per heavy atom. The minimum absolute atomic E-state index is 0.207. The fourth-order valence-electron chi connectivity index (χ4n) is 3.00. The molecule has 0 unspecified atom stereocenters. The molecule has 1 amide bonds. The number of halogens is 1. The molecule has 0 fully saturated rings. The first kappa shape index (κ1) is 21.2. The van der Waals surface area contributed by atoms with Gasteiger partial charge in [-0.1, -0.05) is 24.3 Å². The highest BCUT2D eigenvalue weighted by atomic mass is 32.1. The van der Waals surface area contributed by atoms with Crippen LogP contribution in [-0.2, 0) is 4.74 Å². The SMILES string of the molecule is COC(=O)c1c(-c2ccc(F)cc2)csc1NC(=O)c1cccc(Oc2ccccn2)c1. The number of nitrogens with zero attached hydrogens (tertiary/aromatic N) is 1. The number of amides is 1. The van der Waals surface area contributed by atoms with E-state index in [9.17, 15) is 14.0 Å². The van der Waals surface area contributed by atoms with Crippen molar-refractivity contribution in [3.8, 4) is 22.8 Å². The molecule has 2 aromatic heterocycles. The van der Waals surface area contributed by atoms with Gasteiger partial charge < -0.3 is 14.8 Å². The Hall–Kier alpha value is -4.04. The number of carbonyl (C=O) groups is 2. The van der Waals surface area contributed by atoms with Crippen LogP contribution in [0.2, 0.25) is 0 Å². The Morgan fingerprint density at radius 2 is 1.84 bits per heavy atom. The number of rotatable bonds is 6. The van der Waals surface area contributed by atoms with Crippen LogP contribution in [0.25, 0.3) is 11.1 Å². The molecule has 6 nitrogen and oxygen atoms in total. The van der Waals surface area contributed by atoms with Gasteiger partial charge in [0.25, 0.3) is 5.91 Å². The molecule has 0 spiro atoms. The van der Waals surface area contributed by atoms with E-state index in [2.05, 4.69) is 10.3 Å². The van der Waals surface area contributed by atoms with E-state index in [1.807, 2.05) is 0 Å². The van der Waals surface area contributed by atoms with E-state index in [4.69, 9.17) is 9.47 Å². The van der Waals surface area contributed by atoms with Crippen LogP contribution in [0.5, 0.6) is 11.6 Å². The second kappa shape index (κ2) is 9.40. The fourth-order valence-corrected chi connectivity index (χ4v) is 3.95. The Bertz CT molecular complexity index is 1260. The number of methoxy groups -OCH3 is 1. The maximum Gasteiger partial charge on any atom is 0.341 e. The number of hydrogen-bond acceptors (Lipinski definition) is 6. The Balaban J connectivity index is 1.60. The van der Waals surface area contributed by atoms with Crippen LogP contribution >= 0.6 is 11.3 Å². The molecule has 0 aliphatic carbocycles. The first-order valence-electron chi connectivity index (χ1n) is 9.51. The van der Waals surface area contributed by atoms with Crippen LogP contribution in [0.4, 0.5) is 9.39 Å². The summed E-state index contributed by atoms with van der Waals surface area (Å²) in [6.07, 6.45) is 1.61. The molecule has 0 atom stereocenters. The first-order valence-corrected chi connectivity index (χ1v) is 10.4. The third-order valence-electron chi connectivity index (χ3n) is 4.52. The molecule has 1 N–H and O–H groups in total. The normalized spacial score (nSPS) is 10.4. The zero-order valence-electron chi connectivity index (χ0n) is 16.9. The molecule has 0 saturated heterocycles. The van der Waals surface area contributed by atoms with Crippen molar-refractivity contribution in [2.45, 2.75) is 0 Å². The number of anilines is 1. The molecule has 0 aliphatic heterocycles. The zero-order valence-corrected chi connectivity index (χ0v) is 17.7. The van der Waals surface area contributed by atoms with Gasteiger partial charge in [-0.25, -0.2) is 14.2 Å². The number of hydrogen-bond donors (Lipinski definition) is 1. The first-order chi connectivity index (χ1) is 15.5. The van der Waals surface area contributed by atoms with Crippen molar-refractivity contribution in [2.24, 2.45) is 0 Å². The molecule has 4 rings (SSSR count). The van der Waals surface area contributed by atoms with E-state index in [-0.39, 0.29) is 11.4 Å². The lowest BCUT2D eigenvalue weighted by Crippen LogP contribution is -2.14. The highest BCUT2D eigenvalue weighted by Crippen LogP contribution is 2.36. The van der Waals surface area contributed by atoms with E-state index in [1.165, 1.54) is 30.6 Å². The van der Waals surface area contributed by atoms with Gasteiger partial charge in [-0.15, -0.1) is 11.3 Å². The molecular formula is C24H17FN2O4S. The summed E-state index contributed by atoms with van der Waals surface area (Å²) in [4.78, 5) is 29.5. The van der Waals surface area contributed by atoms with E-state index in [1.54, 1.807) is 66.2 Å². The summed E-state index contributed by atoms with van der Waals surface area (Å²) in [5.41, 5.74) is 1.73. The van der Waals surface area contributed by atoms with Gasteiger partial charge in [0.1, 0.15) is 22.1 Å². The second-order valence-corrected chi connectivity index (χ2v) is 7.48. The summed E-state index contributed by atoms with van der Waals surface area (Å²) in [5.74, 6) is -0.560. The van der Waals surface area contributed by atoms with Crippen LogP contribution in [0.15, 0.2) is 78.3 Å². The second-order valence-electron chi connectivity index (χ2n) is 6.60. The van der Waals surface area contributed by atoms with E-state index < -0.39 is 11.9 Å². The number of ether oxygens (including phenoxy) is 2. The van der Waals surface area contributed by atoms with Crippen LogP contribution in [0, 0.1) is 5.82 Å². The van der Waals surface area contributed by atoms with Gasteiger partial charge in [0.15, 0.2) is 0 Å². The van der Waals surface area contributed by atoms with Crippen LogP contribution in [0.3, 0.4) is 0 Å². The highest BCUT2D eigenvalue weighted by Gasteiger charge is 2.23. The number of aromatic nitrogens is 1. The predicted octanol–water partition coefficient (Wildman–Crippen LogP) is 5.78. The van der Waals surface area contributed by atoms with Crippen molar-refractivity contribution < 1.29 is 23.5 Å². The van der Waals surface area contributed by atoms with E-state index in [0.717, 1.165) is 0 Å². The van der Waals surface area contributed by atoms with E-state index >= 15 is 0 Å². The summed E-state index contributed by atoms with van der Waals surface area (Å²) in [7, 11) is 1.26. The number of thiophene rings is 1. The average Bonchev–Trinajstić information content (AvgIpc) is 3.23. The third-order valence-corrected chi connectivity index (χ3v) is 5.41. The average molecular weight is 448 g/mol. The molecule has 0 bridgehead atoms. The molecule has 0 radical (unpaired) electrons. The van der Waals surface area contributed by atoms with Gasteiger partial charge in [0.2, 0.25) is 5.88 Å². The molecular weight excluding hydrogens is 431 g/mol. The molecule has 0 aliphatic rings. The standard InChI is InChI=1S/C24H17FN2O4S/c1-30-24(29)21-19(15-8-10-17(25)11-9-15)14-32-23(21)27-22(28)16-5-4-6-18(13-16)31-20-7-2-3-12-26-20/h2-14H,1H3,(H,27,28). The monoisotopic (exact) mass is 448 g/mol. The Labute approximate surface area is 187 Å². The lowest BCUT2D eigenvalue weighted by atomic mass is 10.0. The summed E-state index contributed by atoms with van der Waals surface area (Å²) in [6.45, 7) is 0. The van der Waals surface area contributed by atoms with E-state index in [0.29, 0.717) is 33.3 Å². The summed E-state index contributed by atoms with van der Waals surface area (Å²) in [5, 5.41) is 4.82. The largest absolute Gasteiger partial charge is 0.465 e. The van der Waals surface area contributed by atoms with Crippen LogP contribution < -0.4 is 10.1 Å². The van der Waals surface area contributed by atoms with Gasteiger partial charge in [-0.2, -0.15) is 0 Å². The maximum absolute atomic E-state index is 13.3. The van der Waals surface area contributed by atoms with Crippen molar-refractivity contribution in [1.82, 2.24) is 4.98 Å². The lowest BCUT2D eigenvalue weighted by molar-refractivity contribution is 0.0603. The van der Waals surface area contributed by atoms with Gasteiger partial charge >= 0.3 is 5.97 Å². The number of carbonyl (C=O) groups excluding carboxylic acids is 2. The third kappa shape index (κ3) is 4.65. The maximum atomic E-state index is 13.3. The Kier molecular flexibility index (Phi) is 6.23. The van der Waals surface area contributed by atoms with Crippen LogP contribution in [-0.4, -0.2) is 24.0 Å². The van der Waals surface area contributed by atoms with Crippen molar-refractivity contribution in [1.29, 1.82) is 0 Å². The highest BCUT2D eigenvalue weighted by molar-refractivity contribution is 7.15. The van der Waals surface area contributed by atoms with Gasteiger partial charge in [0.05, 0.1) is 7.11 Å². The quantitative estimate of drug-likeness (QED) is 0.378. The van der Waals surface area contributed by atoms with Crippen LogP contribution in [0.1, 0.15) is 20.7 Å². The Morgan fingerprint density at radius 3 is 2.56 bits per heavy atom. The van der Waals surface area contributed by atoms with Gasteiger partial charge in [0, 0.05) is 28.8 Å². The van der Waals surface area contributed by atoms with Gasteiger partial charge in [-0.05, 0) is 42.0 Å². The molecule has 8 heteroatoms. The molecule has 2 heterocycles. The molecule has 0 saturated carbocycles. The smallest absolute Gasteiger partial charge is 0.341 e. The summed E-state index contributed by atoms with van der Waals surface area (Å²) < 4.78 is 23.9. The lowest BCUT2D eigenvalue weighted by Gasteiger charge is -2.09. The zero-order chi connectivity index (χ0) is 22.5. The number of esters is 1. The molecule has 32 heavy (non-hydrogen) atoms. The molecule has 4 aromatic rings. The van der Waals surface area contributed by atoms with Gasteiger partial charge in [-0.3, -0.25) is 4.79 Å². The van der Waals surface area contributed by atoms with Crippen molar-refractivity contribution in [3.05, 3.63) is 95.3 Å². The number of pyridine rings is 1. The fraction of sp³-hybridized carbons (Fsp3) is 0.0417. The summed E-state index contributed by atoms with van der Waals surface area (Å²) >= 11 is 1.18. The topological polar surface area (TPSA) is 77.5 Å². The van der Waals surface area contributed by atoms with Crippen molar-refractivity contribution in [2.75, 3.05) is 12.4 Å². The minimum atomic E-state index is -0.604. The molecule has 2 aromatic carbocycles. The number of benzene rings is 2. The predicted molar refractivity (Wildman–Crippen MR) is 120 cm³/mol. The molecule has 160 valence electrons. The number of nitrogens with one attached hydrogen (secondary N) is 1. The van der Waals surface area contributed by atoms with Crippen molar-refractivity contribution >= 4 is 28.2 Å². The minimum Gasteiger partial charge on any atom is -0.465 e. The summed E-state index contributed by atoms with van der Waals surface area (Å²) in [6, 6.07) is 17.6.